The van der Waals surface area contributed by atoms with Gasteiger partial charge in [0.05, 0.1) is 18.6 Å². The van der Waals surface area contributed by atoms with Crippen LogP contribution in [0.1, 0.15) is 74.5 Å². The van der Waals surface area contributed by atoms with Crippen LogP contribution in [0.2, 0.25) is 0 Å². The van der Waals surface area contributed by atoms with E-state index in [1.54, 1.807) is 24.3 Å². The van der Waals surface area contributed by atoms with Crippen molar-refractivity contribution >= 4 is 5.78 Å². The van der Waals surface area contributed by atoms with Crippen LogP contribution in [-0.2, 0) is 6.42 Å². The van der Waals surface area contributed by atoms with E-state index < -0.39 is 6.10 Å². The highest BCUT2D eigenvalue weighted by molar-refractivity contribution is 6.00. The number of rotatable bonds is 9. The van der Waals surface area contributed by atoms with Crippen LogP contribution in [0.5, 0.6) is 23.0 Å². The second-order valence-electron chi connectivity index (χ2n) is 8.93. The van der Waals surface area contributed by atoms with Crippen molar-refractivity contribution in [1.29, 1.82) is 0 Å². The third-order valence-corrected chi connectivity index (χ3v) is 6.06. The zero-order valence-corrected chi connectivity index (χ0v) is 20.0. The zero-order valence-electron chi connectivity index (χ0n) is 20.0. The van der Waals surface area contributed by atoms with E-state index in [4.69, 9.17) is 9.47 Å². The molecule has 3 rings (SSSR count). The van der Waals surface area contributed by atoms with Gasteiger partial charge in [0, 0.05) is 17.2 Å². The molecule has 1 aliphatic heterocycles. The summed E-state index contributed by atoms with van der Waals surface area (Å²) in [6.45, 7) is 12.6. The first-order valence-electron chi connectivity index (χ1n) is 11.5. The molecule has 1 aliphatic rings. The molecular weight excluding hydrogens is 416 g/mol. The Balaban J connectivity index is 1.92. The van der Waals surface area contributed by atoms with Crippen molar-refractivity contribution in [2.24, 2.45) is 5.92 Å². The first-order chi connectivity index (χ1) is 15.7. The molecule has 0 fully saturated rings. The Morgan fingerprint density at radius 1 is 1.24 bits per heavy atom. The monoisotopic (exact) mass is 450 g/mol. The molecule has 176 valence electrons. The summed E-state index contributed by atoms with van der Waals surface area (Å²) in [6, 6.07) is 8.03. The van der Waals surface area contributed by atoms with Crippen LogP contribution in [0.15, 0.2) is 54.1 Å². The predicted molar refractivity (Wildman–Crippen MR) is 130 cm³/mol. The molecule has 2 aromatic carbocycles. The highest BCUT2D eigenvalue weighted by atomic mass is 16.5. The average molecular weight is 451 g/mol. The summed E-state index contributed by atoms with van der Waals surface area (Å²) in [7, 11) is 0. The summed E-state index contributed by atoms with van der Waals surface area (Å²) in [6.07, 6.45) is 4.05. The Morgan fingerprint density at radius 2 is 2.00 bits per heavy atom. The molecule has 0 spiro atoms. The third-order valence-electron chi connectivity index (χ3n) is 6.06. The Hall–Kier alpha value is -3.21. The van der Waals surface area contributed by atoms with E-state index in [9.17, 15) is 15.0 Å². The fraction of sp³-hybridized carbons (Fsp3) is 0.393. The van der Waals surface area contributed by atoms with Gasteiger partial charge in [-0.05, 0) is 77.1 Å². The standard InChI is InChI=1S/C28H34O5/c1-6-32-26-15-20(29)10-12-23(26)27-16-25(31)22-13-14-24(30)21(28(22)33-27)11-9-19(18(4)5)8-7-17(2)3/h7,10,12-15,19,27,29-30H,4,6,8-9,11,16H2,1-3,5H3/t19-,27+/m1/s1. The number of hydrogen-bond acceptors (Lipinski definition) is 5. The minimum absolute atomic E-state index is 0.0426. The lowest BCUT2D eigenvalue weighted by atomic mass is 9.88. The first-order valence-corrected chi connectivity index (χ1v) is 11.5. The van der Waals surface area contributed by atoms with E-state index in [1.807, 2.05) is 13.8 Å². The summed E-state index contributed by atoms with van der Waals surface area (Å²) in [5.74, 6) is 1.37. The Morgan fingerprint density at radius 3 is 2.67 bits per heavy atom. The molecule has 0 bridgehead atoms. The summed E-state index contributed by atoms with van der Waals surface area (Å²) < 4.78 is 12.0. The molecule has 0 saturated heterocycles. The maximum atomic E-state index is 13.0. The Labute approximate surface area is 196 Å². The van der Waals surface area contributed by atoms with Crippen molar-refractivity contribution in [2.75, 3.05) is 6.61 Å². The topological polar surface area (TPSA) is 76.0 Å². The molecule has 0 unspecified atom stereocenters. The maximum absolute atomic E-state index is 13.0. The van der Waals surface area contributed by atoms with Gasteiger partial charge in [0.25, 0.3) is 0 Å². The fourth-order valence-corrected chi connectivity index (χ4v) is 4.18. The highest BCUT2D eigenvalue weighted by Gasteiger charge is 2.32. The number of phenols is 2. The molecule has 0 aromatic heterocycles. The van der Waals surface area contributed by atoms with Crippen LogP contribution in [0.4, 0.5) is 0 Å². The van der Waals surface area contributed by atoms with Crippen LogP contribution < -0.4 is 9.47 Å². The number of ketones is 1. The zero-order chi connectivity index (χ0) is 24.1. The lowest BCUT2D eigenvalue weighted by Crippen LogP contribution is -2.22. The second-order valence-corrected chi connectivity index (χ2v) is 8.93. The summed E-state index contributed by atoms with van der Waals surface area (Å²) in [5, 5.41) is 20.5. The van der Waals surface area contributed by atoms with Crippen LogP contribution >= 0.6 is 0 Å². The SMILES string of the molecule is C=C(C)[C@H](CC=C(C)C)CCc1c(O)ccc2c1O[C@H](c1ccc(O)cc1OCC)CC2=O. The van der Waals surface area contributed by atoms with E-state index in [0.29, 0.717) is 41.2 Å². The van der Waals surface area contributed by atoms with Gasteiger partial charge in [-0.25, -0.2) is 0 Å². The smallest absolute Gasteiger partial charge is 0.170 e. The number of allylic oxidation sites excluding steroid dienone is 3. The molecule has 0 amide bonds. The number of benzene rings is 2. The van der Waals surface area contributed by atoms with Crippen molar-refractivity contribution in [3.05, 3.63) is 70.8 Å². The van der Waals surface area contributed by atoms with Gasteiger partial charge in [0.2, 0.25) is 0 Å². The third kappa shape index (κ3) is 5.78. The van der Waals surface area contributed by atoms with E-state index >= 15 is 0 Å². The quantitative estimate of drug-likeness (QED) is 0.417. The number of fused-ring (bicyclic) bond motifs is 1. The van der Waals surface area contributed by atoms with Crippen LogP contribution in [0, 0.1) is 5.92 Å². The van der Waals surface area contributed by atoms with Gasteiger partial charge >= 0.3 is 0 Å². The van der Waals surface area contributed by atoms with Gasteiger partial charge in [-0.1, -0.05) is 23.8 Å². The van der Waals surface area contributed by atoms with Crippen LogP contribution in [0.3, 0.4) is 0 Å². The number of carbonyl (C=O) groups is 1. The molecule has 0 aliphatic carbocycles. The Kier molecular flexibility index (Phi) is 7.85. The van der Waals surface area contributed by atoms with Gasteiger partial charge in [-0.3, -0.25) is 4.79 Å². The lowest BCUT2D eigenvalue weighted by molar-refractivity contribution is 0.0843. The molecule has 1 heterocycles. The summed E-state index contributed by atoms with van der Waals surface area (Å²) in [4.78, 5) is 13.0. The molecule has 0 radical (unpaired) electrons. The number of phenolic OH excluding ortho intramolecular Hbond substituents is 2. The van der Waals surface area contributed by atoms with Crippen molar-refractivity contribution in [3.63, 3.8) is 0 Å². The molecule has 5 heteroatoms. The molecule has 2 aromatic rings. The second kappa shape index (κ2) is 10.6. The number of aromatic hydroxyl groups is 2. The normalized spacial score (nSPS) is 15.9. The molecule has 33 heavy (non-hydrogen) atoms. The van der Waals surface area contributed by atoms with E-state index in [2.05, 4.69) is 26.5 Å². The van der Waals surface area contributed by atoms with E-state index in [1.165, 1.54) is 11.6 Å². The minimum atomic E-state index is -0.560. The average Bonchev–Trinajstić information content (AvgIpc) is 2.74. The lowest BCUT2D eigenvalue weighted by Gasteiger charge is -2.29. The first kappa shape index (κ1) is 24.4. The van der Waals surface area contributed by atoms with Crippen LogP contribution in [0.25, 0.3) is 0 Å². The molecule has 0 saturated carbocycles. The minimum Gasteiger partial charge on any atom is -0.508 e. The molecule has 2 N–H and O–H groups in total. The van der Waals surface area contributed by atoms with Crippen molar-refractivity contribution < 1.29 is 24.5 Å². The Bertz CT molecular complexity index is 1060. The fourth-order valence-electron chi connectivity index (χ4n) is 4.18. The van der Waals surface area contributed by atoms with Crippen molar-refractivity contribution in [3.8, 4) is 23.0 Å². The van der Waals surface area contributed by atoms with Crippen LogP contribution in [-0.4, -0.2) is 22.6 Å². The van der Waals surface area contributed by atoms with Crippen molar-refractivity contribution in [1.82, 2.24) is 0 Å². The molecular formula is C28H34O5. The predicted octanol–water partition coefficient (Wildman–Crippen LogP) is 6.68. The van der Waals surface area contributed by atoms with Gasteiger partial charge in [-0.2, -0.15) is 0 Å². The van der Waals surface area contributed by atoms with Gasteiger partial charge in [0.1, 0.15) is 29.1 Å². The van der Waals surface area contributed by atoms with Gasteiger partial charge in [-0.15, -0.1) is 0 Å². The van der Waals surface area contributed by atoms with E-state index in [-0.39, 0.29) is 29.6 Å². The summed E-state index contributed by atoms with van der Waals surface area (Å²) >= 11 is 0. The molecule has 2 atom stereocenters. The largest absolute Gasteiger partial charge is 0.508 e. The number of Topliss-reactive ketones (excluding diaryl/α,β-unsaturated/α-hetero) is 1. The van der Waals surface area contributed by atoms with Gasteiger partial charge in [0.15, 0.2) is 5.78 Å². The van der Waals surface area contributed by atoms with Gasteiger partial charge < -0.3 is 19.7 Å². The van der Waals surface area contributed by atoms with E-state index in [0.717, 1.165) is 18.4 Å². The molecule has 5 nitrogen and oxygen atoms in total. The maximum Gasteiger partial charge on any atom is 0.170 e. The number of carbonyl (C=O) groups excluding carboxylic acids is 1. The number of ether oxygens (including phenoxy) is 2. The summed E-state index contributed by atoms with van der Waals surface area (Å²) in [5.41, 5.74) is 4.19. The number of hydrogen-bond donors (Lipinski definition) is 2. The highest BCUT2D eigenvalue weighted by Crippen LogP contribution is 2.44. The van der Waals surface area contributed by atoms with Crippen molar-refractivity contribution in [2.45, 2.75) is 59.5 Å².